The van der Waals surface area contributed by atoms with E-state index in [4.69, 9.17) is 5.26 Å². The molecule has 1 amide bonds. The van der Waals surface area contributed by atoms with Crippen molar-refractivity contribution in [3.8, 4) is 6.07 Å². The molecular formula is C12H10N4O. The maximum atomic E-state index is 11.9. The highest BCUT2D eigenvalue weighted by atomic mass is 16.1. The Morgan fingerprint density at radius 2 is 2.41 bits per heavy atom. The summed E-state index contributed by atoms with van der Waals surface area (Å²) in [6.45, 7) is 3.80. The minimum absolute atomic E-state index is 0.239. The Labute approximate surface area is 98.1 Å². The second kappa shape index (κ2) is 4.49. The molecule has 17 heavy (non-hydrogen) atoms. The van der Waals surface area contributed by atoms with Crippen LogP contribution >= 0.6 is 0 Å². The number of nitrogens with zero attached hydrogens (tertiary/aromatic N) is 2. The van der Waals surface area contributed by atoms with Gasteiger partial charge in [-0.3, -0.25) is 9.89 Å². The van der Waals surface area contributed by atoms with Crippen molar-refractivity contribution in [2.24, 2.45) is 5.92 Å². The first kappa shape index (κ1) is 10.9. The predicted octanol–water partition coefficient (Wildman–Crippen LogP) is 1.52. The van der Waals surface area contributed by atoms with Crippen molar-refractivity contribution in [3.05, 3.63) is 48.2 Å². The van der Waals surface area contributed by atoms with Crippen LogP contribution in [0.25, 0.3) is 0 Å². The van der Waals surface area contributed by atoms with E-state index in [9.17, 15) is 4.79 Å². The van der Waals surface area contributed by atoms with E-state index in [-0.39, 0.29) is 5.91 Å². The third-order valence-electron chi connectivity index (χ3n) is 2.41. The lowest BCUT2D eigenvalue weighted by Crippen LogP contribution is -2.23. The van der Waals surface area contributed by atoms with Crippen molar-refractivity contribution in [2.45, 2.75) is 0 Å². The second-order valence-electron chi connectivity index (χ2n) is 3.56. The molecule has 2 rings (SSSR count). The molecule has 1 aliphatic carbocycles. The van der Waals surface area contributed by atoms with Crippen molar-refractivity contribution in [2.75, 3.05) is 5.32 Å². The van der Waals surface area contributed by atoms with Crippen LogP contribution in [-0.2, 0) is 4.79 Å². The fourth-order valence-corrected chi connectivity index (χ4v) is 1.50. The Morgan fingerprint density at radius 3 is 3.12 bits per heavy atom. The van der Waals surface area contributed by atoms with Gasteiger partial charge in [0.05, 0.1) is 12.1 Å². The molecule has 1 atom stereocenters. The van der Waals surface area contributed by atoms with Gasteiger partial charge in [0.2, 0.25) is 5.91 Å². The molecule has 0 radical (unpaired) electrons. The Bertz CT molecular complexity index is 559. The number of hydrogen-bond donors (Lipinski definition) is 2. The van der Waals surface area contributed by atoms with E-state index in [1.165, 1.54) is 6.20 Å². The second-order valence-corrected chi connectivity index (χ2v) is 3.56. The van der Waals surface area contributed by atoms with Gasteiger partial charge in [0.15, 0.2) is 0 Å². The van der Waals surface area contributed by atoms with Crippen LogP contribution in [0.4, 0.5) is 5.82 Å². The standard InChI is InChI=1S/C12H10N4O/c1-8-4-2-3-5-10(8)12(17)15-11-9(6-13)7-14-16-11/h2-5,7,10H,1H2,(H2,14,15,16,17). The maximum Gasteiger partial charge on any atom is 0.236 e. The van der Waals surface area contributed by atoms with Crippen LogP contribution in [0.3, 0.4) is 0 Å². The van der Waals surface area contributed by atoms with Crippen molar-refractivity contribution >= 4 is 11.7 Å². The maximum absolute atomic E-state index is 11.9. The third-order valence-corrected chi connectivity index (χ3v) is 2.41. The van der Waals surface area contributed by atoms with Crippen LogP contribution in [0.5, 0.6) is 0 Å². The number of hydrogen-bond acceptors (Lipinski definition) is 3. The van der Waals surface area contributed by atoms with Crippen LogP contribution < -0.4 is 5.32 Å². The van der Waals surface area contributed by atoms with Gasteiger partial charge < -0.3 is 5.32 Å². The summed E-state index contributed by atoms with van der Waals surface area (Å²) in [7, 11) is 0. The van der Waals surface area contributed by atoms with E-state index in [0.717, 1.165) is 0 Å². The van der Waals surface area contributed by atoms with E-state index in [2.05, 4.69) is 22.1 Å². The number of aromatic amines is 1. The van der Waals surface area contributed by atoms with Gasteiger partial charge in [0.25, 0.3) is 0 Å². The van der Waals surface area contributed by atoms with E-state index in [1.807, 2.05) is 12.1 Å². The van der Waals surface area contributed by atoms with Gasteiger partial charge >= 0.3 is 0 Å². The minimum Gasteiger partial charge on any atom is -0.309 e. The third kappa shape index (κ3) is 2.16. The highest BCUT2D eigenvalue weighted by molar-refractivity contribution is 5.96. The summed E-state index contributed by atoms with van der Waals surface area (Å²) in [4.78, 5) is 11.9. The first-order valence-corrected chi connectivity index (χ1v) is 5.00. The molecule has 0 aliphatic heterocycles. The fraction of sp³-hybridized carbons (Fsp3) is 0.0833. The lowest BCUT2D eigenvalue weighted by atomic mass is 9.95. The van der Waals surface area contributed by atoms with Crippen molar-refractivity contribution in [3.63, 3.8) is 0 Å². The number of amides is 1. The van der Waals surface area contributed by atoms with Crippen molar-refractivity contribution in [1.29, 1.82) is 5.26 Å². The molecule has 0 aromatic carbocycles. The zero-order valence-electron chi connectivity index (χ0n) is 8.97. The molecule has 1 aliphatic rings. The first-order chi connectivity index (χ1) is 8.22. The molecule has 1 aromatic rings. The first-order valence-electron chi connectivity index (χ1n) is 5.00. The summed E-state index contributed by atoms with van der Waals surface area (Å²) in [5.74, 6) is -0.334. The summed E-state index contributed by atoms with van der Waals surface area (Å²) in [6, 6.07) is 1.93. The highest BCUT2D eigenvalue weighted by Gasteiger charge is 2.20. The van der Waals surface area contributed by atoms with Crippen LogP contribution in [0, 0.1) is 17.2 Å². The normalized spacial score (nSPS) is 17.8. The number of carbonyl (C=O) groups excluding carboxylic acids is 1. The number of rotatable bonds is 2. The van der Waals surface area contributed by atoms with Crippen LogP contribution in [-0.4, -0.2) is 16.1 Å². The summed E-state index contributed by atoms with van der Waals surface area (Å²) in [5, 5.41) is 17.7. The minimum atomic E-state index is -0.408. The molecular weight excluding hydrogens is 216 g/mol. The summed E-state index contributed by atoms with van der Waals surface area (Å²) >= 11 is 0. The molecule has 0 fully saturated rings. The van der Waals surface area contributed by atoms with Gasteiger partial charge in [-0.1, -0.05) is 30.9 Å². The quantitative estimate of drug-likeness (QED) is 0.802. The Balaban J connectivity index is 2.13. The molecule has 0 saturated carbocycles. The Hall–Kier alpha value is -2.61. The van der Waals surface area contributed by atoms with Gasteiger partial charge in [-0.15, -0.1) is 0 Å². The summed E-state index contributed by atoms with van der Waals surface area (Å²) in [6.07, 6.45) is 8.50. The average Bonchev–Trinajstić information content (AvgIpc) is 2.76. The van der Waals surface area contributed by atoms with Crippen LogP contribution in [0.2, 0.25) is 0 Å². The van der Waals surface area contributed by atoms with Crippen molar-refractivity contribution < 1.29 is 4.79 Å². The molecule has 5 nitrogen and oxygen atoms in total. The zero-order chi connectivity index (χ0) is 12.3. The highest BCUT2D eigenvalue weighted by Crippen LogP contribution is 2.19. The molecule has 0 spiro atoms. The van der Waals surface area contributed by atoms with E-state index < -0.39 is 5.92 Å². The smallest absolute Gasteiger partial charge is 0.236 e. The lowest BCUT2D eigenvalue weighted by Gasteiger charge is -2.14. The Kier molecular flexibility index (Phi) is 2.88. The number of nitriles is 1. The topological polar surface area (TPSA) is 81.6 Å². The number of allylic oxidation sites excluding steroid dienone is 3. The molecule has 0 bridgehead atoms. The number of nitrogens with one attached hydrogen (secondary N) is 2. The largest absolute Gasteiger partial charge is 0.309 e. The molecule has 0 saturated heterocycles. The average molecular weight is 226 g/mol. The SMILES string of the molecule is C=C1C=CC=CC1C(=O)Nc1[nH]ncc1C#N. The number of H-pyrrole nitrogens is 1. The van der Waals surface area contributed by atoms with Gasteiger partial charge in [-0.05, 0) is 5.57 Å². The van der Waals surface area contributed by atoms with Crippen LogP contribution in [0.1, 0.15) is 5.56 Å². The summed E-state index contributed by atoms with van der Waals surface area (Å²) < 4.78 is 0. The molecule has 5 heteroatoms. The molecule has 1 unspecified atom stereocenters. The van der Waals surface area contributed by atoms with Gasteiger partial charge in [0.1, 0.15) is 17.5 Å². The van der Waals surface area contributed by atoms with Crippen LogP contribution in [0.15, 0.2) is 42.7 Å². The lowest BCUT2D eigenvalue weighted by molar-refractivity contribution is -0.117. The number of aromatic nitrogens is 2. The van der Waals surface area contributed by atoms with E-state index in [0.29, 0.717) is 17.0 Å². The van der Waals surface area contributed by atoms with Crippen molar-refractivity contribution in [1.82, 2.24) is 10.2 Å². The number of anilines is 1. The molecule has 2 N–H and O–H groups in total. The molecule has 84 valence electrons. The monoisotopic (exact) mass is 226 g/mol. The zero-order valence-corrected chi connectivity index (χ0v) is 8.97. The van der Waals surface area contributed by atoms with Gasteiger partial charge in [-0.25, -0.2) is 0 Å². The predicted molar refractivity (Wildman–Crippen MR) is 62.8 cm³/mol. The Morgan fingerprint density at radius 1 is 1.59 bits per heavy atom. The van der Waals surface area contributed by atoms with Gasteiger partial charge in [-0.2, -0.15) is 10.4 Å². The number of carbonyl (C=O) groups is 1. The van der Waals surface area contributed by atoms with E-state index >= 15 is 0 Å². The molecule has 1 aromatic heterocycles. The summed E-state index contributed by atoms with van der Waals surface area (Å²) in [5.41, 5.74) is 1.02. The fourth-order valence-electron chi connectivity index (χ4n) is 1.50. The van der Waals surface area contributed by atoms with Gasteiger partial charge in [0, 0.05) is 0 Å². The van der Waals surface area contributed by atoms with E-state index in [1.54, 1.807) is 18.2 Å². The molecule has 1 heterocycles.